The third-order valence-corrected chi connectivity index (χ3v) is 8.18. The van der Waals surface area contributed by atoms with Gasteiger partial charge in [-0.3, -0.25) is 19.7 Å². The van der Waals surface area contributed by atoms with E-state index in [4.69, 9.17) is 4.74 Å². The van der Waals surface area contributed by atoms with Gasteiger partial charge in [-0.15, -0.1) is 0 Å². The molecule has 1 saturated heterocycles. The Morgan fingerprint density at radius 1 is 1.03 bits per heavy atom. The number of ether oxygens (including phenoxy) is 1. The zero-order valence-electron chi connectivity index (χ0n) is 23.8. The Morgan fingerprint density at radius 3 is 2.50 bits per heavy atom. The first-order chi connectivity index (χ1) is 18.5. The van der Waals surface area contributed by atoms with Gasteiger partial charge in [0.15, 0.2) is 0 Å². The monoisotopic (exact) mass is 527 g/mol. The topological polar surface area (TPSA) is 87.7 Å². The SMILES string of the molecule is CCCCCCCCNC(=O)[C@@H]1C[C@@H]2CCC[C@@H]2N1C(=O)[C@H](C)N[C@@H](CCc1ccccc1)C(=O)OCC. The van der Waals surface area contributed by atoms with E-state index in [0.717, 1.165) is 44.1 Å². The van der Waals surface area contributed by atoms with E-state index >= 15 is 0 Å². The van der Waals surface area contributed by atoms with Gasteiger partial charge in [-0.25, -0.2) is 0 Å². The fourth-order valence-electron chi connectivity index (χ4n) is 6.14. The number of benzene rings is 1. The number of likely N-dealkylation sites (tertiary alicyclic amines) is 1. The van der Waals surface area contributed by atoms with Gasteiger partial charge in [0.25, 0.3) is 0 Å². The minimum Gasteiger partial charge on any atom is -0.465 e. The molecule has 1 saturated carbocycles. The molecule has 0 unspecified atom stereocenters. The summed E-state index contributed by atoms with van der Waals surface area (Å²) in [4.78, 5) is 41.6. The van der Waals surface area contributed by atoms with E-state index < -0.39 is 18.1 Å². The summed E-state index contributed by atoms with van der Waals surface area (Å²) in [5, 5.41) is 6.38. The van der Waals surface area contributed by atoms with Crippen molar-refractivity contribution in [3.05, 3.63) is 35.9 Å². The van der Waals surface area contributed by atoms with E-state index in [0.29, 0.717) is 31.9 Å². The first-order valence-electron chi connectivity index (χ1n) is 15.0. The number of carbonyl (C=O) groups is 3. The Hall–Kier alpha value is -2.41. The molecule has 2 amide bonds. The second-order valence-electron chi connectivity index (χ2n) is 11.0. The van der Waals surface area contributed by atoms with Gasteiger partial charge in [0.05, 0.1) is 12.6 Å². The fourth-order valence-corrected chi connectivity index (χ4v) is 6.14. The molecule has 5 atom stereocenters. The molecule has 212 valence electrons. The van der Waals surface area contributed by atoms with Gasteiger partial charge in [0, 0.05) is 12.6 Å². The van der Waals surface area contributed by atoms with Crippen molar-refractivity contribution >= 4 is 17.8 Å². The lowest BCUT2D eigenvalue weighted by Gasteiger charge is -2.33. The first-order valence-corrected chi connectivity index (χ1v) is 15.0. The molecular weight excluding hydrogens is 478 g/mol. The van der Waals surface area contributed by atoms with E-state index in [9.17, 15) is 14.4 Å². The lowest BCUT2D eigenvalue weighted by Crippen LogP contribution is -2.56. The van der Waals surface area contributed by atoms with E-state index in [1.165, 1.54) is 25.7 Å². The maximum absolute atomic E-state index is 13.8. The minimum atomic E-state index is -0.589. The highest BCUT2D eigenvalue weighted by Gasteiger charge is 2.49. The molecule has 1 aromatic rings. The minimum absolute atomic E-state index is 0.0282. The van der Waals surface area contributed by atoms with Crippen molar-refractivity contribution in [3.63, 3.8) is 0 Å². The quantitative estimate of drug-likeness (QED) is 0.239. The molecule has 3 rings (SSSR count). The maximum atomic E-state index is 13.8. The van der Waals surface area contributed by atoms with Crippen LogP contribution in [0.15, 0.2) is 30.3 Å². The molecule has 1 aromatic carbocycles. The fraction of sp³-hybridized carbons (Fsp3) is 0.710. The van der Waals surface area contributed by atoms with E-state index in [1.807, 2.05) is 42.2 Å². The van der Waals surface area contributed by atoms with Gasteiger partial charge in [-0.05, 0) is 63.9 Å². The summed E-state index contributed by atoms with van der Waals surface area (Å²) in [6, 6.07) is 8.52. The van der Waals surface area contributed by atoms with Gasteiger partial charge in [0.2, 0.25) is 11.8 Å². The summed E-state index contributed by atoms with van der Waals surface area (Å²) < 4.78 is 5.32. The van der Waals surface area contributed by atoms with Crippen molar-refractivity contribution in [3.8, 4) is 0 Å². The Kier molecular flexibility index (Phi) is 12.6. The van der Waals surface area contributed by atoms with Crippen LogP contribution in [0.1, 0.15) is 97.0 Å². The molecule has 2 N–H and O–H groups in total. The maximum Gasteiger partial charge on any atom is 0.323 e. The standard InChI is InChI=1S/C31H49N3O4/c1-4-6-7-8-9-13-21-32-29(35)28-22-25-17-14-18-27(25)34(28)30(36)23(3)33-26(31(37)38-5-2)20-19-24-15-11-10-12-16-24/h10-12,15-16,23,25-28,33H,4-9,13-14,17-22H2,1-3H3,(H,32,35)/t23-,25-,26-,27-,28-/m0/s1. The molecule has 0 aromatic heterocycles. The molecule has 2 fully saturated rings. The highest BCUT2D eigenvalue weighted by atomic mass is 16.5. The summed E-state index contributed by atoms with van der Waals surface area (Å²) in [5.41, 5.74) is 1.14. The molecule has 1 aliphatic heterocycles. The Labute approximate surface area is 229 Å². The summed E-state index contributed by atoms with van der Waals surface area (Å²) in [5.74, 6) is -0.0704. The second-order valence-corrected chi connectivity index (χ2v) is 11.0. The number of fused-ring (bicyclic) bond motifs is 1. The predicted octanol–water partition coefficient (Wildman–Crippen LogP) is 4.78. The average molecular weight is 528 g/mol. The number of esters is 1. The molecule has 2 aliphatic rings. The zero-order chi connectivity index (χ0) is 27.3. The number of nitrogens with one attached hydrogen (secondary N) is 2. The molecule has 1 aliphatic carbocycles. The molecule has 7 nitrogen and oxygen atoms in total. The number of carbonyl (C=O) groups excluding carboxylic acids is 3. The highest BCUT2D eigenvalue weighted by molar-refractivity contribution is 5.91. The van der Waals surface area contributed by atoms with Gasteiger partial charge < -0.3 is 15.0 Å². The van der Waals surface area contributed by atoms with E-state index in [-0.39, 0.29) is 23.8 Å². The van der Waals surface area contributed by atoms with Crippen LogP contribution in [0.2, 0.25) is 0 Å². The second kappa shape index (κ2) is 15.9. The number of amides is 2. The van der Waals surface area contributed by atoms with Crippen LogP contribution in [0.3, 0.4) is 0 Å². The Balaban J connectivity index is 1.60. The molecule has 38 heavy (non-hydrogen) atoms. The molecule has 7 heteroatoms. The number of hydrogen-bond donors (Lipinski definition) is 2. The summed E-state index contributed by atoms with van der Waals surface area (Å²) >= 11 is 0. The van der Waals surface area contributed by atoms with Gasteiger partial charge in [-0.2, -0.15) is 0 Å². The van der Waals surface area contributed by atoms with Gasteiger partial charge in [-0.1, -0.05) is 75.8 Å². The third-order valence-electron chi connectivity index (χ3n) is 8.18. The van der Waals surface area contributed by atoms with Crippen molar-refractivity contribution in [2.45, 2.75) is 122 Å². The summed E-state index contributed by atoms with van der Waals surface area (Å²) in [6.45, 7) is 6.77. The number of aryl methyl sites for hydroxylation is 1. The van der Waals surface area contributed by atoms with Crippen LogP contribution in [0.5, 0.6) is 0 Å². The van der Waals surface area contributed by atoms with Crippen LogP contribution >= 0.6 is 0 Å². The molecular formula is C31H49N3O4. The lowest BCUT2D eigenvalue weighted by atomic mass is 10.0. The normalized spacial score (nSPS) is 22.1. The molecule has 0 spiro atoms. The average Bonchev–Trinajstić information content (AvgIpc) is 3.52. The Bertz CT molecular complexity index is 877. The number of hydrogen-bond acceptors (Lipinski definition) is 5. The van der Waals surface area contributed by atoms with Gasteiger partial charge in [0.1, 0.15) is 12.1 Å². The van der Waals surface area contributed by atoms with Crippen LogP contribution in [0, 0.1) is 5.92 Å². The van der Waals surface area contributed by atoms with Crippen LogP contribution in [0.4, 0.5) is 0 Å². The lowest BCUT2D eigenvalue weighted by molar-refractivity contribution is -0.147. The molecule has 1 heterocycles. The number of nitrogens with zero attached hydrogens (tertiary/aromatic N) is 1. The number of unbranched alkanes of at least 4 members (excludes halogenated alkanes) is 5. The van der Waals surface area contributed by atoms with E-state index in [1.54, 1.807) is 6.92 Å². The van der Waals surface area contributed by atoms with Crippen molar-refractivity contribution in [1.29, 1.82) is 0 Å². The van der Waals surface area contributed by atoms with Crippen LogP contribution < -0.4 is 10.6 Å². The molecule has 0 radical (unpaired) electrons. The largest absolute Gasteiger partial charge is 0.465 e. The Morgan fingerprint density at radius 2 is 1.76 bits per heavy atom. The number of rotatable bonds is 16. The van der Waals surface area contributed by atoms with E-state index in [2.05, 4.69) is 17.6 Å². The third kappa shape index (κ3) is 8.55. The van der Waals surface area contributed by atoms with Crippen molar-refractivity contribution in [2.75, 3.05) is 13.2 Å². The summed E-state index contributed by atoms with van der Waals surface area (Å²) in [7, 11) is 0. The smallest absolute Gasteiger partial charge is 0.323 e. The highest BCUT2D eigenvalue weighted by Crippen LogP contribution is 2.41. The zero-order valence-corrected chi connectivity index (χ0v) is 23.8. The molecule has 0 bridgehead atoms. The van der Waals surface area contributed by atoms with Crippen molar-refractivity contribution < 1.29 is 19.1 Å². The van der Waals surface area contributed by atoms with Gasteiger partial charge >= 0.3 is 5.97 Å². The first kappa shape index (κ1) is 30.1. The van der Waals surface area contributed by atoms with Crippen molar-refractivity contribution in [2.24, 2.45) is 5.92 Å². The van der Waals surface area contributed by atoms with Crippen molar-refractivity contribution in [1.82, 2.24) is 15.5 Å². The predicted molar refractivity (Wildman–Crippen MR) is 151 cm³/mol. The van der Waals surface area contributed by atoms with Crippen LogP contribution in [-0.2, 0) is 25.5 Å². The van der Waals surface area contributed by atoms with Crippen LogP contribution in [0.25, 0.3) is 0 Å². The summed E-state index contributed by atoms with van der Waals surface area (Å²) in [6.07, 6.45) is 12.1. The van der Waals surface area contributed by atoms with Crippen LogP contribution in [-0.4, -0.2) is 60.0 Å².